The molecule has 0 bridgehead atoms. The molecule has 1 aromatic heterocycles. The first-order chi connectivity index (χ1) is 11.3. The van der Waals surface area contributed by atoms with Crippen molar-refractivity contribution < 1.29 is 14.3 Å². The van der Waals surface area contributed by atoms with Crippen molar-refractivity contribution in [2.24, 2.45) is 5.92 Å². The molecule has 0 aliphatic carbocycles. The minimum absolute atomic E-state index is 0.0132. The zero-order valence-corrected chi connectivity index (χ0v) is 13.6. The maximum Gasteiger partial charge on any atom is 0.226 e. The van der Waals surface area contributed by atoms with Gasteiger partial charge < -0.3 is 14.8 Å². The number of thioether (sulfide) groups is 1. The van der Waals surface area contributed by atoms with Crippen molar-refractivity contribution in [2.45, 2.75) is 11.4 Å². The van der Waals surface area contributed by atoms with E-state index >= 15 is 0 Å². The van der Waals surface area contributed by atoms with E-state index in [4.69, 9.17) is 9.47 Å². The Bertz CT molecular complexity index is 663. The molecule has 23 heavy (non-hydrogen) atoms. The molecular formula is C15H18N4O3S. The second kappa shape index (κ2) is 7.36. The lowest BCUT2D eigenvalue weighted by Gasteiger charge is -2.25. The second-order valence-electron chi connectivity index (χ2n) is 5.13. The van der Waals surface area contributed by atoms with Gasteiger partial charge in [-0.2, -0.15) is 10.3 Å². The van der Waals surface area contributed by atoms with E-state index in [1.54, 1.807) is 25.1 Å². The Morgan fingerprint density at radius 2 is 2.48 bits per heavy atom. The number of rotatable bonds is 6. The van der Waals surface area contributed by atoms with E-state index in [0.29, 0.717) is 19.6 Å². The summed E-state index contributed by atoms with van der Waals surface area (Å²) in [6.45, 7) is 0.986. The average Bonchev–Trinajstić information content (AvgIpc) is 3.11. The van der Waals surface area contributed by atoms with Gasteiger partial charge in [-0.1, -0.05) is 0 Å². The third-order valence-corrected chi connectivity index (χ3v) is 4.49. The number of carbonyl (C=O) groups excluding carboxylic acids is 1. The maximum atomic E-state index is 12.3. The summed E-state index contributed by atoms with van der Waals surface area (Å²) in [5.41, 5.74) is 1.01. The minimum atomic E-state index is -0.174. The van der Waals surface area contributed by atoms with Crippen molar-refractivity contribution in [1.82, 2.24) is 20.7 Å². The molecule has 1 atom stereocenters. The first kappa shape index (κ1) is 15.7. The lowest BCUT2D eigenvalue weighted by atomic mass is 9.96. The molecule has 0 radical (unpaired) electrons. The molecule has 2 aromatic rings. The number of carbonyl (C=O) groups is 1. The lowest BCUT2D eigenvalue weighted by molar-refractivity contribution is -0.126. The van der Waals surface area contributed by atoms with Gasteiger partial charge >= 0.3 is 0 Å². The fraction of sp³-hybridized carbons (Fsp3) is 0.400. The van der Waals surface area contributed by atoms with Crippen LogP contribution in [0.25, 0.3) is 0 Å². The van der Waals surface area contributed by atoms with E-state index < -0.39 is 0 Å². The number of methoxy groups -OCH3 is 1. The van der Waals surface area contributed by atoms with Crippen LogP contribution in [0.15, 0.2) is 29.4 Å². The van der Waals surface area contributed by atoms with Crippen molar-refractivity contribution in [1.29, 1.82) is 0 Å². The summed E-state index contributed by atoms with van der Waals surface area (Å²) in [7, 11) is 1.63. The number of nitrogens with one attached hydrogen (secondary N) is 2. The minimum Gasteiger partial charge on any atom is -0.497 e. The number of nitrogens with zero attached hydrogens (tertiary/aromatic N) is 2. The summed E-state index contributed by atoms with van der Waals surface area (Å²) in [6, 6.07) is 5.67. The average molecular weight is 334 g/mol. The summed E-state index contributed by atoms with van der Waals surface area (Å²) < 4.78 is 10.9. The highest BCUT2D eigenvalue weighted by molar-refractivity contribution is 7.99. The topological polar surface area (TPSA) is 89.1 Å². The van der Waals surface area contributed by atoms with Crippen molar-refractivity contribution in [3.8, 4) is 11.5 Å². The van der Waals surface area contributed by atoms with E-state index in [-0.39, 0.29) is 11.8 Å². The predicted octanol–water partition coefficient (Wildman–Crippen LogP) is 1.27. The standard InChI is InChI=1S/C15H18N4O3S/c1-21-12-2-3-13-10(7-12)6-11(9-22-13)15(20)16-4-5-23-14-8-17-19-18-14/h2-3,7-8,11H,4-6,9H2,1H3,(H,16,20)(H,17,18,19)/t11-/m1/s1. The van der Waals surface area contributed by atoms with Gasteiger partial charge in [0.15, 0.2) is 0 Å². The summed E-state index contributed by atoms with van der Waals surface area (Å²) in [4.78, 5) is 12.3. The highest BCUT2D eigenvalue weighted by atomic mass is 32.2. The molecule has 0 saturated carbocycles. The molecule has 122 valence electrons. The van der Waals surface area contributed by atoms with Crippen molar-refractivity contribution in [3.63, 3.8) is 0 Å². The highest BCUT2D eigenvalue weighted by Gasteiger charge is 2.26. The summed E-state index contributed by atoms with van der Waals surface area (Å²) in [5, 5.41) is 14.0. The third-order valence-electron chi connectivity index (χ3n) is 3.59. The van der Waals surface area contributed by atoms with Crippen LogP contribution < -0.4 is 14.8 Å². The van der Waals surface area contributed by atoms with Crippen LogP contribution in [0.2, 0.25) is 0 Å². The first-order valence-electron chi connectivity index (χ1n) is 7.32. The predicted molar refractivity (Wildman–Crippen MR) is 85.8 cm³/mol. The molecule has 0 fully saturated rings. The Morgan fingerprint density at radius 1 is 1.57 bits per heavy atom. The number of benzene rings is 1. The SMILES string of the molecule is COc1ccc2c(c1)C[C@@H](C(=O)NCCSc1cn[nH]n1)CO2. The lowest BCUT2D eigenvalue weighted by Crippen LogP contribution is -2.38. The number of hydrogen-bond donors (Lipinski definition) is 2. The maximum absolute atomic E-state index is 12.3. The van der Waals surface area contributed by atoms with E-state index in [1.165, 1.54) is 0 Å². The van der Waals surface area contributed by atoms with Gasteiger partial charge in [0.25, 0.3) is 0 Å². The zero-order chi connectivity index (χ0) is 16.1. The number of aromatic amines is 1. The quantitative estimate of drug-likeness (QED) is 0.611. The van der Waals surface area contributed by atoms with Gasteiger partial charge in [0.1, 0.15) is 23.1 Å². The van der Waals surface area contributed by atoms with Crippen LogP contribution in [0.5, 0.6) is 11.5 Å². The van der Waals surface area contributed by atoms with Gasteiger partial charge in [0.05, 0.1) is 19.2 Å². The molecule has 1 amide bonds. The fourth-order valence-electron chi connectivity index (χ4n) is 2.40. The third kappa shape index (κ3) is 3.95. The van der Waals surface area contributed by atoms with Crippen LogP contribution in [-0.2, 0) is 11.2 Å². The van der Waals surface area contributed by atoms with Crippen molar-refractivity contribution >= 4 is 17.7 Å². The molecule has 3 rings (SSSR count). The van der Waals surface area contributed by atoms with E-state index in [2.05, 4.69) is 20.7 Å². The van der Waals surface area contributed by atoms with Crippen LogP contribution in [0, 0.1) is 5.92 Å². The van der Waals surface area contributed by atoms with Crippen LogP contribution >= 0.6 is 11.8 Å². The van der Waals surface area contributed by atoms with Gasteiger partial charge in [-0.3, -0.25) is 4.79 Å². The number of H-pyrrole nitrogens is 1. The van der Waals surface area contributed by atoms with Gasteiger partial charge in [0, 0.05) is 12.3 Å². The van der Waals surface area contributed by atoms with Gasteiger partial charge in [-0.15, -0.1) is 16.9 Å². The van der Waals surface area contributed by atoms with Crippen LogP contribution in [0.4, 0.5) is 0 Å². The molecule has 7 nitrogen and oxygen atoms in total. The molecule has 0 saturated heterocycles. The number of hydrogen-bond acceptors (Lipinski definition) is 6. The van der Waals surface area contributed by atoms with Crippen LogP contribution in [-0.4, -0.2) is 47.3 Å². The van der Waals surface area contributed by atoms with Crippen molar-refractivity contribution in [3.05, 3.63) is 30.0 Å². The van der Waals surface area contributed by atoms with Gasteiger partial charge in [0.2, 0.25) is 5.91 Å². The Kier molecular flexibility index (Phi) is 5.02. The highest BCUT2D eigenvalue weighted by Crippen LogP contribution is 2.30. The van der Waals surface area contributed by atoms with E-state index in [9.17, 15) is 4.79 Å². The largest absolute Gasteiger partial charge is 0.497 e. The molecule has 2 heterocycles. The normalized spacial score (nSPS) is 16.3. The summed E-state index contributed by atoms with van der Waals surface area (Å²) in [6.07, 6.45) is 2.32. The van der Waals surface area contributed by atoms with Crippen LogP contribution in [0.1, 0.15) is 5.56 Å². The molecular weight excluding hydrogens is 316 g/mol. The van der Waals surface area contributed by atoms with Gasteiger partial charge in [-0.05, 0) is 30.2 Å². The van der Waals surface area contributed by atoms with E-state index in [1.807, 2.05) is 18.2 Å². The Labute approximate surface area is 138 Å². The number of amides is 1. The second-order valence-corrected chi connectivity index (χ2v) is 6.25. The van der Waals surface area contributed by atoms with Crippen molar-refractivity contribution in [2.75, 3.05) is 26.0 Å². The Balaban J connectivity index is 1.48. The van der Waals surface area contributed by atoms with Crippen LogP contribution in [0.3, 0.4) is 0 Å². The molecule has 1 aliphatic heterocycles. The molecule has 0 unspecified atom stereocenters. The smallest absolute Gasteiger partial charge is 0.226 e. The molecule has 0 spiro atoms. The van der Waals surface area contributed by atoms with Gasteiger partial charge in [-0.25, -0.2) is 0 Å². The number of ether oxygens (including phenoxy) is 2. The number of fused-ring (bicyclic) bond motifs is 1. The Hall–Kier alpha value is -2.22. The number of aromatic nitrogens is 3. The molecule has 2 N–H and O–H groups in total. The Morgan fingerprint density at radius 3 is 3.26 bits per heavy atom. The molecule has 1 aromatic carbocycles. The molecule has 1 aliphatic rings. The zero-order valence-electron chi connectivity index (χ0n) is 12.7. The molecule has 8 heteroatoms. The monoisotopic (exact) mass is 334 g/mol. The summed E-state index contributed by atoms with van der Waals surface area (Å²) >= 11 is 1.54. The first-order valence-corrected chi connectivity index (χ1v) is 8.31. The fourth-order valence-corrected chi connectivity index (χ4v) is 3.05. The van der Waals surface area contributed by atoms with E-state index in [0.717, 1.165) is 27.8 Å². The summed E-state index contributed by atoms with van der Waals surface area (Å²) in [5.74, 6) is 2.19.